The number of ketones is 1. The van der Waals surface area contributed by atoms with Crippen LogP contribution in [0.4, 0.5) is 34.1 Å². The van der Waals surface area contributed by atoms with E-state index < -0.39 is 0 Å². The summed E-state index contributed by atoms with van der Waals surface area (Å²) in [7, 11) is 1.59. The summed E-state index contributed by atoms with van der Waals surface area (Å²) in [5.41, 5.74) is 13.3. The predicted molar refractivity (Wildman–Crippen MR) is 270 cm³/mol. The van der Waals surface area contributed by atoms with Gasteiger partial charge in [-0.05, 0) is 138 Å². The average Bonchev–Trinajstić information content (AvgIpc) is 3.72. The molecule has 1 aromatic heterocycles. The van der Waals surface area contributed by atoms with Crippen LogP contribution in [0.1, 0.15) is 30.9 Å². The first kappa shape index (κ1) is 43.0. The minimum atomic E-state index is -0.217. The van der Waals surface area contributed by atoms with E-state index in [0.717, 1.165) is 62.8 Å². The number of methoxy groups -OCH3 is 1. The van der Waals surface area contributed by atoms with Crippen molar-refractivity contribution in [2.75, 3.05) is 30.1 Å². The maximum absolute atomic E-state index is 12.2. The van der Waals surface area contributed by atoms with Crippen molar-refractivity contribution in [3.63, 3.8) is 0 Å². The molecule has 9 rings (SSSR count). The third-order valence-electron chi connectivity index (χ3n) is 11.7. The van der Waals surface area contributed by atoms with Crippen LogP contribution in [0.2, 0.25) is 0 Å². The van der Waals surface area contributed by atoms with Gasteiger partial charge >= 0.3 is 5.97 Å². The second-order valence-electron chi connectivity index (χ2n) is 16.2. The van der Waals surface area contributed by atoms with Crippen molar-refractivity contribution in [3.05, 3.63) is 205 Å². The lowest BCUT2D eigenvalue weighted by Gasteiger charge is -2.26. The van der Waals surface area contributed by atoms with Crippen molar-refractivity contribution in [1.29, 1.82) is 0 Å². The molecule has 7 heteroatoms. The quantitative estimate of drug-likeness (QED) is 0.0671. The Kier molecular flexibility index (Phi) is 13.2. The van der Waals surface area contributed by atoms with Crippen molar-refractivity contribution < 1.29 is 19.1 Å². The monoisotopic (exact) mass is 870 g/mol. The highest BCUT2D eigenvalue weighted by Crippen LogP contribution is 2.41. The second kappa shape index (κ2) is 20.0. The standard InChI is InChI=1S/C58H50N2O4S/c1-41(61)13-14-42-15-26-50(27-16-42)59(48-9-5-3-6-10-48)52-30-20-44(21-31-52)46-24-34-54-55-35-25-47(40-57(55)65-56(54)39-46)45-22-32-53(33-23-45)60(49-11-7-4-8-12-49)51-28-17-43(18-29-51)19-36-58(62)64-38-37-63-2/h3-12,15-18,20-35,39-40H,13-14,19,36-38H2,1-2H3. The Morgan fingerprint density at radius 1 is 0.446 bits per heavy atom. The van der Waals surface area contributed by atoms with Crippen LogP contribution < -0.4 is 9.80 Å². The van der Waals surface area contributed by atoms with Gasteiger partial charge in [0.1, 0.15) is 12.4 Å². The summed E-state index contributed by atoms with van der Waals surface area (Å²) < 4.78 is 12.7. The maximum atomic E-state index is 12.2. The number of thiophene rings is 1. The van der Waals surface area contributed by atoms with Crippen LogP contribution in [0.15, 0.2) is 194 Å². The van der Waals surface area contributed by atoms with E-state index in [1.165, 1.54) is 31.3 Å². The third-order valence-corrected chi connectivity index (χ3v) is 12.9. The lowest BCUT2D eigenvalue weighted by molar-refractivity contribution is -0.144. The molecule has 0 fully saturated rings. The molecule has 6 nitrogen and oxygen atoms in total. The van der Waals surface area contributed by atoms with Gasteiger partial charge in [-0.25, -0.2) is 0 Å². The summed E-state index contributed by atoms with van der Waals surface area (Å²) in [5, 5.41) is 2.53. The number of aryl methyl sites for hydroxylation is 2. The van der Waals surface area contributed by atoms with E-state index in [2.05, 4.69) is 192 Å². The number of hydrogen-bond acceptors (Lipinski definition) is 7. The Morgan fingerprint density at radius 3 is 1.25 bits per heavy atom. The molecule has 65 heavy (non-hydrogen) atoms. The van der Waals surface area contributed by atoms with Crippen molar-refractivity contribution >= 4 is 77.4 Å². The Labute approximate surface area is 384 Å². The fourth-order valence-electron chi connectivity index (χ4n) is 8.29. The van der Waals surface area contributed by atoms with Gasteiger partial charge in [-0.2, -0.15) is 0 Å². The minimum Gasteiger partial charge on any atom is -0.463 e. The number of carbonyl (C=O) groups is 2. The smallest absolute Gasteiger partial charge is 0.306 e. The summed E-state index contributed by atoms with van der Waals surface area (Å²) in [6.07, 6.45) is 2.25. The van der Waals surface area contributed by atoms with Gasteiger partial charge in [0, 0.05) is 74.2 Å². The van der Waals surface area contributed by atoms with Crippen LogP contribution in [0, 0.1) is 0 Å². The van der Waals surface area contributed by atoms with E-state index in [1.54, 1.807) is 14.0 Å². The molecule has 322 valence electrons. The van der Waals surface area contributed by atoms with Crippen LogP contribution >= 0.6 is 11.3 Å². The summed E-state index contributed by atoms with van der Waals surface area (Å²) in [4.78, 5) is 28.3. The number of rotatable bonds is 17. The molecule has 0 spiro atoms. The van der Waals surface area contributed by atoms with Crippen LogP contribution in [0.5, 0.6) is 0 Å². The molecule has 0 radical (unpaired) electrons. The summed E-state index contributed by atoms with van der Waals surface area (Å²) in [5.74, 6) is -0.00805. The summed E-state index contributed by atoms with van der Waals surface area (Å²) in [6.45, 7) is 2.32. The fraction of sp³-hybridized carbons (Fsp3) is 0.138. The molecule has 0 saturated heterocycles. The second-order valence-corrected chi connectivity index (χ2v) is 17.3. The van der Waals surface area contributed by atoms with E-state index in [4.69, 9.17) is 9.47 Å². The molecule has 0 saturated carbocycles. The first-order valence-corrected chi connectivity index (χ1v) is 22.9. The van der Waals surface area contributed by atoms with Gasteiger partial charge in [-0.1, -0.05) is 109 Å². The number of Topliss-reactive ketones (excluding diaryl/α,β-unsaturated/α-hetero) is 1. The molecule has 0 bridgehead atoms. The number of fused-ring (bicyclic) bond motifs is 3. The molecule has 0 aliphatic heterocycles. The van der Waals surface area contributed by atoms with Gasteiger partial charge in [0.15, 0.2) is 0 Å². The summed E-state index contributed by atoms with van der Waals surface area (Å²) in [6, 6.07) is 69.0. The average molecular weight is 871 g/mol. The first-order chi connectivity index (χ1) is 31.9. The van der Waals surface area contributed by atoms with Crippen LogP contribution in [-0.2, 0) is 31.9 Å². The van der Waals surface area contributed by atoms with Crippen molar-refractivity contribution in [2.24, 2.45) is 0 Å². The molecule has 8 aromatic carbocycles. The number of hydrogen-bond donors (Lipinski definition) is 0. The number of para-hydroxylation sites is 2. The van der Waals surface area contributed by atoms with Gasteiger partial charge < -0.3 is 24.1 Å². The predicted octanol–water partition coefficient (Wildman–Crippen LogP) is 15.0. The van der Waals surface area contributed by atoms with Gasteiger partial charge in [-0.15, -0.1) is 11.3 Å². The number of ether oxygens (including phenoxy) is 2. The van der Waals surface area contributed by atoms with E-state index in [0.29, 0.717) is 25.9 Å². The Balaban J connectivity index is 0.931. The van der Waals surface area contributed by atoms with Crippen LogP contribution in [0.3, 0.4) is 0 Å². The van der Waals surface area contributed by atoms with E-state index in [-0.39, 0.29) is 18.4 Å². The normalized spacial score (nSPS) is 11.2. The molecule has 9 aromatic rings. The first-order valence-electron chi connectivity index (χ1n) is 22.1. The highest BCUT2D eigenvalue weighted by atomic mass is 32.1. The zero-order valence-electron chi connectivity index (χ0n) is 36.7. The van der Waals surface area contributed by atoms with Crippen molar-refractivity contribution in [3.8, 4) is 22.3 Å². The largest absolute Gasteiger partial charge is 0.463 e. The summed E-state index contributed by atoms with van der Waals surface area (Å²) >= 11 is 1.83. The number of esters is 1. The molecule has 0 N–H and O–H groups in total. The maximum Gasteiger partial charge on any atom is 0.306 e. The molecule has 0 amide bonds. The van der Waals surface area contributed by atoms with E-state index >= 15 is 0 Å². The molecular weight excluding hydrogens is 821 g/mol. The molecule has 1 heterocycles. The number of benzene rings is 8. The Bertz CT molecular complexity index is 3020. The minimum absolute atomic E-state index is 0.209. The lowest BCUT2D eigenvalue weighted by Crippen LogP contribution is -2.11. The lowest BCUT2D eigenvalue weighted by atomic mass is 10.0. The molecule has 0 atom stereocenters. The third kappa shape index (κ3) is 10.1. The van der Waals surface area contributed by atoms with E-state index in [1.807, 2.05) is 23.5 Å². The zero-order chi connectivity index (χ0) is 44.5. The zero-order valence-corrected chi connectivity index (χ0v) is 37.5. The number of anilines is 6. The molecule has 0 aliphatic rings. The van der Waals surface area contributed by atoms with Crippen LogP contribution in [0.25, 0.3) is 42.4 Å². The topological polar surface area (TPSA) is 59.1 Å². The van der Waals surface area contributed by atoms with Gasteiger partial charge in [0.2, 0.25) is 0 Å². The van der Waals surface area contributed by atoms with E-state index in [9.17, 15) is 9.59 Å². The fourth-order valence-corrected chi connectivity index (χ4v) is 9.48. The van der Waals surface area contributed by atoms with Crippen molar-refractivity contribution in [1.82, 2.24) is 0 Å². The Hall–Kier alpha value is -7.32. The molecule has 0 unspecified atom stereocenters. The molecule has 0 aliphatic carbocycles. The van der Waals surface area contributed by atoms with Gasteiger partial charge in [0.25, 0.3) is 0 Å². The Morgan fingerprint density at radius 2 is 0.831 bits per heavy atom. The SMILES string of the molecule is COCCOC(=O)CCc1ccc(N(c2ccccc2)c2ccc(-c3ccc4c(c3)sc3cc(-c5ccc(N(c6ccccc6)c6ccc(CCC(C)=O)cc6)cc5)ccc34)cc2)cc1. The number of nitrogens with zero attached hydrogens (tertiary/aromatic N) is 2. The van der Waals surface area contributed by atoms with Crippen molar-refractivity contribution in [2.45, 2.75) is 32.6 Å². The van der Waals surface area contributed by atoms with Gasteiger partial charge in [0.05, 0.1) is 6.61 Å². The van der Waals surface area contributed by atoms with Crippen LogP contribution in [-0.4, -0.2) is 32.1 Å². The number of carbonyl (C=O) groups excluding carboxylic acids is 2. The van der Waals surface area contributed by atoms with Gasteiger partial charge in [-0.3, -0.25) is 4.79 Å². The highest BCUT2D eigenvalue weighted by molar-refractivity contribution is 7.25. The molecular formula is C58H50N2O4S. The highest BCUT2D eigenvalue weighted by Gasteiger charge is 2.16.